The van der Waals surface area contributed by atoms with Crippen LogP contribution in [-0.2, 0) is 4.74 Å². The molecule has 4 rings (SSSR count). The number of aromatic nitrogens is 4. The van der Waals surface area contributed by atoms with E-state index in [9.17, 15) is 4.79 Å². The molecule has 0 unspecified atom stereocenters. The third-order valence-electron chi connectivity index (χ3n) is 4.57. The molecule has 8 nitrogen and oxygen atoms in total. The molecule has 1 aliphatic rings. The van der Waals surface area contributed by atoms with Gasteiger partial charge in [-0.1, -0.05) is 6.07 Å². The Labute approximate surface area is 166 Å². The van der Waals surface area contributed by atoms with Crippen LogP contribution >= 0.6 is 11.3 Å². The number of carbonyl (C=O) groups excluding carboxylic acids is 1. The van der Waals surface area contributed by atoms with E-state index in [0.717, 1.165) is 27.5 Å². The van der Waals surface area contributed by atoms with Gasteiger partial charge in [-0.05, 0) is 19.9 Å². The summed E-state index contributed by atoms with van der Waals surface area (Å²) in [6, 6.07) is 3.85. The molecule has 3 aromatic rings. The van der Waals surface area contributed by atoms with E-state index in [1.807, 2.05) is 30.9 Å². The number of anilines is 1. The number of ether oxygens (including phenoxy) is 1. The van der Waals surface area contributed by atoms with Crippen LogP contribution in [0.1, 0.15) is 32.2 Å². The lowest BCUT2D eigenvalue weighted by atomic mass is 10.1. The molecule has 3 aromatic heterocycles. The van der Waals surface area contributed by atoms with Crippen LogP contribution in [0.4, 0.5) is 5.95 Å². The molecule has 144 valence electrons. The van der Waals surface area contributed by atoms with Crippen LogP contribution in [0.15, 0.2) is 30.7 Å². The largest absolute Gasteiger partial charge is 0.368 e. The monoisotopic (exact) mass is 396 g/mol. The highest BCUT2D eigenvalue weighted by Crippen LogP contribution is 2.26. The van der Waals surface area contributed by atoms with Crippen LogP contribution < -0.4 is 5.73 Å². The maximum Gasteiger partial charge on any atom is 0.266 e. The summed E-state index contributed by atoms with van der Waals surface area (Å²) in [5.74, 6) is 0.243. The second-order valence-electron chi connectivity index (χ2n) is 6.56. The Morgan fingerprint density at radius 1 is 1.18 bits per heavy atom. The molecular weight excluding hydrogens is 376 g/mol. The molecule has 0 aliphatic carbocycles. The number of hydrogen-bond acceptors (Lipinski definition) is 8. The number of pyridine rings is 1. The van der Waals surface area contributed by atoms with E-state index < -0.39 is 0 Å². The first kappa shape index (κ1) is 18.5. The molecule has 0 radical (unpaired) electrons. The Morgan fingerprint density at radius 3 is 2.57 bits per heavy atom. The third-order valence-corrected chi connectivity index (χ3v) is 5.63. The predicted molar refractivity (Wildman–Crippen MR) is 106 cm³/mol. The molecule has 9 heteroatoms. The molecule has 0 aromatic carbocycles. The highest BCUT2D eigenvalue weighted by atomic mass is 32.1. The van der Waals surface area contributed by atoms with E-state index in [2.05, 4.69) is 19.9 Å². The number of aryl methyl sites for hydroxylation is 2. The zero-order chi connectivity index (χ0) is 19.7. The van der Waals surface area contributed by atoms with Gasteiger partial charge in [-0.3, -0.25) is 9.78 Å². The summed E-state index contributed by atoms with van der Waals surface area (Å²) in [6.45, 7) is 5.28. The summed E-state index contributed by atoms with van der Waals surface area (Å²) in [5.41, 5.74) is 8.83. The van der Waals surface area contributed by atoms with Gasteiger partial charge < -0.3 is 15.4 Å². The Morgan fingerprint density at radius 2 is 1.93 bits per heavy atom. The lowest BCUT2D eigenvalue weighted by molar-refractivity contribution is -0.0245. The number of morpholine rings is 1. The van der Waals surface area contributed by atoms with Crippen molar-refractivity contribution in [3.63, 3.8) is 0 Å². The van der Waals surface area contributed by atoms with Gasteiger partial charge in [-0.2, -0.15) is 0 Å². The van der Waals surface area contributed by atoms with Gasteiger partial charge in [0.05, 0.1) is 29.5 Å². The summed E-state index contributed by atoms with van der Waals surface area (Å²) >= 11 is 1.43. The quantitative estimate of drug-likeness (QED) is 0.724. The third kappa shape index (κ3) is 3.71. The standard InChI is InChI=1S/C19H20N6O2S/c1-11-17(28-12(2)24-11)18(26)25-5-6-27-16(10-25)15-4-3-13(7-21-15)14-8-22-19(20)23-9-14/h3-4,7-9,16H,5-6,10H2,1-2H3,(H2,20,22,23)/t16-/m1/s1. The Balaban J connectivity index is 1.49. The zero-order valence-electron chi connectivity index (χ0n) is 15.6. The zero-order valence-corrected chi connectivity index (χ0v) is 16.4. The summed E-state index contributed by atoms with van der Waals surface area (Å²) in [5, 5.41) is 0.898. The van der Waals surface area contributed by atoms with Crippen molar-refractivity contribution in [1.29, 1.82) is 0 Å². The second kappa shape index (κ2) is 7.61. The molecule has 1 fully saturated rings. The highest BCUT2D eigenvalue weighted by Gasteiger charge is 2.28. The first-order valence-electron chi connectivity index (χ1n) is 8.90. The van der Waals surface area contributed by atoms with Gasteiger partial charge in [-0.25, -0.2) is 15.0 Å². The summed E-state index contributed by atoms with van der Waals surface area (Å²) in [4.78, 5) is 32.3. The molecule has 0 bridgehead atoms. The minimum absolute atomic E-state index is 0.00652. The fourth-order valence-electron chi connectivity index (χ4n) is 3.14. The summed E-state index contributed by atoms with van der Waals surface area (Å²) < 4.78 is 5.87. The molecule has 4 heterocycles. The van der Waals surface area contributed by atoms with Gasteiger partial charge >= 0.3 is 0 Å². The number of carbonyl (C=O) groups is 1. The second-order valence-corrected chi connectivity index (χ2v) is 7.76. The van der Waals surface area contributed by atoms with E-state index in [1.54, 1.807) is 18.6 Å². The molecule has 0 saturated carbocycles. The molecule has 28 heavy (non-hydrogen) atoms. The lowest BCUT2D eigenvalue weighted by Crippen LogP contribution is -2.42. The maximum atomic E-state index is 12.9. The van der Waals surface area contributed by atoms with Gasteiger partial charge in [0.2, 0.25) is 5.95 Å². The van der Waals surface area contributed by atoms with Crippen LogP contribution in [0.5, 0.6) is 0 Å². The first-order valence-corrected chi connectivity index (χ1v) is 9.71. The minimum Gasteiger partial charge on any atom is -0.368 e. The number of nitrogens with zero attached hydrogens (tertiary/aromatic N) is 5. The van der Waals surface area contributed by atoms with Gasteiger partial charge in [0.25, 0.3) is 5.91 Å². The van der Waals surface area contributed by atoms with Gasteiger partial charge in [-0.15, -0.1) is 11.3 Å². The first-order chi connectivity index (χ1) is 13.5. The fourth-order valence-corrected chi connectivity index (χ4v) is 4.03. The lowest BCUT2D eigenvalue weighted by Gasteiger charge is -2.32. The van der Waals surface area contributed by atoms with Crippen molar-refractivity contribution in [2.24, 2.45) is 0 Å². The predicted octanol–water partition coefficient (Wildman–Crippen LogP) is 2.41. The van der Waals surface area contributed by atoms with Crippen molar-refractivity contribution in [2.75, 3.05) is 25.4 Å². The average molecular weight is 396 g/mol. The number of thiazole rings is 1. The number of nitrogen functional groups attached to an aromatic ring is 1. The number of hydrogen-bond donors (Lipinski definition) is 1. The van der Waals surface area contributed by atoms with Crippen molar-refractivity contribution >= 4 is 23.2 Å². The normalized spacial score (nSPS) is 16.9. The van der Waals surface area contributed by atoms with Crippen LogP contribution in [0.25, 0.3) is 11.1 Å². The topological polar surface area (TPSA) is 107 Å². The van der Waals surface area contributed by atoms with Crippen LogP contribution in [0.3, 0.4) is 0 Å². The molecular formula is C19H20N6O2S. The van der Waals surface area contributed by atoms with Crippen molar-refractivity contribution in [1.82, 2.24) is 24.8 Å². The maximum absolute atomic E-state index is 12.9. The number of nitrogens with two attached hydrogens (primary N) is 1. The van der Waals surface area contributed by atoms with Gasteiger partial charge in [0.1, 0.15) is 11.0 Å². The summed E-state index contributed by atoms with van der Waals surface area (Å²) in [6.07, 6.45) is 4.82. The number of rotatable bonds is 3. The molecule has 2 N–H and O–H groups in total. The van der Waals surface area contributed by atoms with Crippen LogP contribution in [0.2, 0.25) is 0 Å². The van der Waals surface area contributed by atoms with E-state index in [-0.39, 0.29) is 18.0 Å². The van der Waals surface area contributed by atoms with E-state index in [0.29, 0.717) is 24.6 Å². The van der Waals surface area contributed by atoms with E-state index >= 15 is 0 Å². The molecule has 1 amide bonds. The van der Waals surface area contributed by atoms with E-state index in [4.69, 9.17) is 10.5 Å². The molecule has 0 spiro atoms. The van der Waals surface area contributed by atoms with Crippen molar-refractivity contribution < 1.29 is 9.53 Å². The van der Waals surface area contributed by atoms with Crippen molar-refractivity contribution in [2.45, 2.75) is 20.0 Å². The number of amides is 1. The minimum atomic E-state index is -0.260. The smallest absolute Gasteiger partial charge is 0.266 e. The average Bonchev–Trinajstić information content (AvgIpc) is 3.06. The molecule has 1 aliphatic heterocycles. The summed E-state index contributed by atoms with van der Waals surface area (Å²) in [7, 11) is 0. The molecule has 1 atom stereocenters. The van der Waals surface area contributed by atoms with Crippen LogP contribution in [-0.4, -0.2) is 50.4 Å². The Kier molecular flexibility index (Phi) is 5.01. The van der Waals surface area contributed by atoms with Crippen LogP contribution in [0, 0.1) is 13.8 Å². The fraction of sp³-hybridized carbons (Fsp3) is 0.316. The Bertz CT molecular complexity index is 987. The Hall–Kier alpha value is -2.91. The van der Waals surface area contributed by atoms with Gasteiger partial charge in [0, 0.05) is 36.3 Å². The highest BCUT2D eigenvalue weighted by molar-refractivity contribution is 7.13. The van der Waals surface area contributed by atoms with Gasteiger partial charge in [0.15, 0.2) is 0 Å². The van der Waals surface area contributed by atoms with Crippen molar-refractivity contribution in [3.05, 3.63) is 52.0 Å². The van der Waals surface area contributed by atoms with Crippen molar-refractivity contribution in [3.8, 4) is 11.1 Å². The molecule has 1 saturated heterocycles. The van der Waals surface area contributed by atoms with E-state index in [1.165, 1.54) is 11.3 Å². The SMILES string of the molecule is Cc1nc(C)c(C(=O)N2CCO[C@@H](c3ccc(-c4cnc(N)nc4)cn3)C2)s1.